The molecule has 1 atom stereocenters. The first-order chi connectivity index (χ1) is 6.67. The lowest BCUT2D eigenvalue weighted by atomic mass is 10.2. The van der Waals surface area contributed by atoms with Crippen molar-refractivity contribution in [1.29, 1.82) is 0 Å². The minimum Gasteiger partial charge on any atom is -0.394 e. The molecule has 0 aliphatic heterocycles. The van der Waals surface area contributed by atoms with Gasteiger partial charge in [0.15, 0.2) is 0 Å². The molecule has 0 radical (unpaired) electrons. The van der Waals surface area contributed by atoms with Crippen LogP contribution in [0.15, 0.2) is 6.07 Å². The number of H-pyrrole nitrogens is 1. The number of carbonyl (C=O) groups excluding carboxylic acids is 1. The Hall–Kier alpha value is -1.56. The van der Waals surface area contributed by atoms with Crippen LogP contribution in [0.2, 0.25) is 0 Å². The van der Waals surface area contributed by atoms with Gasteiger partial charge in [0.2, 0.25) is 0 Å². The molecule has 5 N–H and O–H groups in total. The molecule has 0 aromatic carbocycles. The number of nitrogen functional groups attached to an aromatic ring is 1. The minimum absolute atomic E-state index is 0.0775. The lowest BCUT2D eigenvalue weighted by molar-refractivity contribution is 0.0910. The van der Waals surface area contributed by atoms with Gasteiger partial charge in [-0.3, -0.25) is 9.89 Å². The molecule has 1 heterocycles. The van der Waals surface area contributed by atoms with E-state index >= 15 is 0 Å². The molecule has 0 saturated carbocycles. The number of hydrogen-bond acceptors (Lipinski definition) is 4. The highest BCUT2D eigenvalue weighted by Crippen LogP contribution is 2.01. The maximum atomic E-state index is 11.4. The second-order valence-electron chi connectivity index (χ2n) is 2.97. The Morgan fingerprint density at radius 2 is 2.57 bits per heavy atom. The fraction of sp³-hybridized carbons (Fsp3) is 0.500. The van der Waals surface area contributed by atoms with Crippen LogP contribution >= 0.6 is 0 Å². The van der Waals surface area contributed by atoms with Crippen LogP contribution in [0.5, 0.6) is 0 Å². The third-order valence-corrected chi connectivity index (χ3v) is 1.89. The van der Waals surface area contributed by atoms with Crippen molar-refractivity contribution in [3.05, 3.63) is 11.8 Å². The maximum Gasteiger partial charge on any atom is 0.269 e. The van der Waals surface area contributed by atoms with E-state index in [0.29, 0.717) is 12.1 Å². The number of aromatic amines is 1. The van der Waals surface area contributed by atoms with Gasteiger partial charge in [-0.15, -0.1) is 0 Å². The first-order valence-electron chi connectivity index (χ1n) is 4.40. The van der Waals surface area contributed by atoms with Gasteiger partial charge in [0.05, 0.1) is 12.6 Å². The lowest BCUT2D eigenvalue weighted by Gasteiger charge is -2.12. The molecule has 0 spiro atoms. The van der Waals surface area contributed by atoms with Crippen LogP contribution in [0.25, 0.3) is 0 Å². The number of aromatic nitrogens is 2. The quantitative estimate of drug-likeness (QED) is 0.523. The summed E-state index contributed by atoms with van der Waals surface area (Å²) in [5.41, 5.74) is 5.64. The standard InChI is InChI=1S/C8H14N4O2/c1-2-5(4-13)10-8(14)6-3-7(9)12-11-6/h3,5,13H,2,4H2,1H3,(H,10,14)(H3,9,11,12)/t5-/m1/s1. The topological polar surface area (TPSA) is 104 Å². The third kappa shape index (κ3) is 2.46. The molecule has 1 aromatic rings. The minimum atomic E-state index is -0.310. The summed E-state index contributed by atoms with van der Waals surface area (Å²) < 4.78 is 0. The Labute approximate surface area is 81.5 Å². The van der Waals surface area contributed by atoms with Gasteiger partial charge in [-0.05, 0) is 6.42 Å². The number of amides is 1. The molecule has 1 amide bonds. The largest absolute Gasteiger partial charge is 0.394 e. The zero-order valence-corrected chi connectivity index (χ0v) is 7.95. The normalized spacial score (nSPS) is 12.4. The molecule has 0 unspecified atom stereocenters. The van der Waals surface area contributed by atoms with Crippen LogP contribution in [0.1, 0.15) is 23.8 Å². The maximum absolute atomic E-state index is 11.4. The average Bonchev–Trinajstić information content (AvgIpc) is 2.61. The number of nitrogens with two attached hydrogens (primary N) is 1. The Morgan fingerprint density at radius 1 is 1.86 bits per heavy atom. The molecule has 1 rings (SSSR count). The van der Waals surface area contributed by atoms with E-state index in [0.717, 1.165) is 0 Å². The summed E-state index contributed by atoms with van der Waals surface area (Å²) in [6, 6.07) is 1.21. The van der Waals surface area contributed by atoms with Crippen LogP contribution in [-0.2, 0) is 0 Å². The summed E-state index contributed by atoms with van der Waals surface area (Å²) in [4.78, 5) is 11.4. The second kappa shape index (κ2) is 4.61. The van der Waals surface area contributed by atoms with Gasteiger partial charge >= 0.3 is 0 Å². The Morgan fingerprint density at radius 3 is 3.00 bits per heavy atom. The van der Waals surface area contributed by atoms with Crippen molar-refractivity contribution in [2.45, 2.75) is 19.4 Å². The number of anilines is 1. The van der Waals surface area contributed by atoms with Crippen LogP contribution in [0.4, 0.5) is 5.82 Å². The van der Waals surface area contributed by atoms with E-state index in [2.05, 4.69) is 15.5 Å². The van der Waals surface area contributed by atoms with Crippen molar-refractivity contribution in [2.75, 3.05) is 12.3 Å². The molecule has 0 aliphatic rings. The number of aliphatic hydroxyl groups excluding tert-OH is 1. The first kappa shape index (κ1) is 10.5. The van der Waals surface area contributed by atoms with E-state index < -0.39 is 0 Å². The molecule has 6 nitrogen and oxygen atoms in total. The summed E-state index contributed by atoms with van der Waals surface area (Å²) in [6.07, 6.45) is 0.672. The Kier molecular flexibility index (Phi) is 3.47. The van der Waals surface area contributed by atoms with Crippen molar-refractivity contribution in [3.8, 4) is 0 Å². The predicted molar refractivity (Wildman–Crippen MR) is 51.6 cm³/mol. The smallest absolute Gasteiger partial charge is 0.269 e. The number of hydrogen-bond donors (Lipinski definition) is 4. The van der Waals surface area contributed by atoms with Crippen LogP contribution in [0, 0.1) is 0 Å². The van der Waals surface area contributed by atoms with E-state index in [1.807, 2.05) is 6.92 Å². The number of rotatable bonds is 4. The highest BCUT2D eigenvalue weighted by molar-refractivity contribution is 5.93. The zero-order valence-electron chi connectivity index (χ0n) is 7.95. The van der Waals surface area contributed by atoms with Gasteiger partial charge in [0.1, 0.15) is 11.5 Å². The SMILES string of the molecule is CC[C@H](CO)NC(=O)c1cc(N)n[nH]1. The van der Waals surface area contributed by atoms with Crippen molar-refractivity contribution >= 4 is 11.7 Å². The summed E-state index contributed by atoms with van der Waals surface area (Å²) >= 11 is 0. The molecule has 0 saturated heterocycles. The van der Waals surface area contributed by atoms with Crippen molar-refractivity contribution in [2.24, 2.45) is 0 Å². The molecule has 0 bridgehead atoms. The van der Waals surface area contributed by atoms with E-state index in [1.54, 1.807) is 0 Å². The zero-order chi connectivity index (χ0) is 10.6. The second-order valence-corrected chi connectivity index (χ2v) is 2.97. The third-order valence-electron chi connectivity index (χ3n) is 1.89. The van der Waals surface area contributed by atoms with E-state index in [1.165, 1.54) is 6.07 Å². The molecule has 6 heteroatoms. The van der Waals surface area contributed by atoms with Crippen molar-refractivity contribution in [3.63, 3.8) is 0 Å². The average molecular weight is 198 g/mol. The molecular weight excluding hydrogens is 184 g/mol. The van der Waals surface area contributed by atoms with Gasteiger partial charge in [0.25, 0.3) is 5.91 Å². The van der Waals surface area contributed by atoms with Gasteiger partial charge in [-0.2, -0.15) is 5.10 Å². The monoisotopic (exact) mass is 198 g/mol. The highest BCUT2D eigenvalue weighted by Gasteiger charge is 2.12. The van der Waals surface area contributed by atoms with E-state index in [9.17, 15) is 4.79 Å². The van der Waals surface area contributed by atoms with Crippen LogP contribution in [-0.4, -0.2) is 33.9 Å². The van der Waals surface area contributed by atoms with Crippen LogP contribution in [0.3, 0.4) is 0 Å². The molecular formula is C8H14N4O2. The highest BCUT2D eigenvalue weighted by atomic mass is 16.3. The van der Waals surface area contributed by atoms with E-state index in [-0.39, 0.29) is 24.4 Å². The lowest BCUT2D eigenvalue weighted by Crippen LogP contribution is -2.37. The van der Waals surface area contributed by atoms with Crippen molar-refractivity contribution < 1.29 is 9.90 Å². The van der Waals surface area contributed by atoms with Gasteiger partial charge in [-0.25, -0.2) is 0 Å². The van der Waals surface area contributed by atoms with Gasteiger partial charge < -0.3 is 16.2 Å². The fourth-order valence-corrected chi connectivity index (χ4v) is 0.993. The predicted octanol–water partition coefficient (Wildman–Crippen LogP) is -0.507. The summed E-state index contributed by atoms with van der Waals surface area (Å²) in [7, 11) is 0. The number of nitrogens with one attached hydrogen (secondary N) is 2. The Bertz CT molecular complexity index is 306. The van der Waals surface area contributed by atoms with E-state index in [4.69, 9.17) is 10.8 Å². The molecule has 0 fully saturated rings. The van der Waals surface area contributed by atoms with Crippen LogP contribution < -0.4 is 11.1 Å². The number of aliphatic hydroxyl groups is 1. The molecule has 0 aliphatic carbocycles. The summed E-state index contributed by atoms with van der Waals surface area (Å²) in [5.74, 6) is -0.0395. The molecule has 78 valence electrons. The van der Waals surface area contributed by atoms with Crippen molar-refractivity contribution in [1.82, 2.24) is 15.5 Å². The number of nitrogens with zero attached hydrogens (tertiary/aromatic N) is 1. The number of carbonyl (C=O) groups is 1. The summed E-state index contributed by atoms with van der Waals surface area (Å²) in [5, 5.41) is 17.6. The Balaban J connectivity index is 2.58. The van der Waals surface area contributed by atoms with Gasteiger partial charge in [-0.1, -0.05) is 6.92 Å². The first-order valence-corrected chi connectivity index (χ1v) is 4.40. The molecule has 14 heavy (non-hydrogen) atoms. The van der Waals surface area contributed by atoms with Gasteiger partial charge in [0, 0.05) is 6.07 Å². The molecule has 1 aromatic heterocycles. The fourth-order valence-electron chi connectivity index (χ4n) is 0.993. The summed E-state index contributed by atoms with van der Waals surface area (Å²) in [6.45, 7) is 1.80.